The van der Waals surface area contributed by atoms with Crippen LogP contribution in [-0.4, -0.2) is 63.4 Å². The predicted molar refractivity (Wildman–Crippen MR) is 93.3 cm³/mol. The molecule has 0 bridgehead atoms. The topological polar surface area (TPSA) is 56.8 Å². The van der Waals surface area contributed by atoms with Crippen LogP contribution in [0.25, 0.3) is 0 Å². The number of para-hydroxylation sites is 2. The van der Waals surface area contributed by atoms with Crippen molar-refractivity contribution in [2.45, 2.75) is 19.9 Å². The fraction of sp³-hybridized carbons (Fsp3) is 0.588. The Balaban J connectivity index is 1.73. The van der Waals surface area contributed by atoms with Crippen LogP contribution in [0.2, 0.25) is 0 Å². The zero-order valence-electron chi connectivity index (χ0n) is 14.3. The van der Waals surface area contributed by atoms with Crippen molar-refractivity contribution >= 4 is 11.7 Å². The molecule has 2 N–H and O–H groups in total. The zero-order chi connectivity index (χ0) is 16.7. The molecule has 0 aliphatic carbocycles. The third-order valence-electron chi connectivity index (χ3n) is 3.93. The molecule has 0 radical (unpaired) electrons. The predicted octanol–water partition coefficient (Wildman–Crippen LogP) is 1.52. The van der Waals surface area contributed by atoms with Gasteiger partial charge in [0.2, 0.25) is 0 Å². The lowest BCUT2D eigenvalue weighted by atomic mass is 10.2. The Bertz CT molecular complexity index is 499. The van der Waals surface area contributed by atoms with Gasteiger partial charge in [0.05, 0.1) is 12.8 Å². The van der Waals surface area contributed by atoms with Gasteiger partial charge in [-0.3, -0.25) is 4.90 Å². The number of rotatable bonds is 6. The highest BCUT2D eigenvalue weighted by Gasteiger charge is 2.19. The van der Waals surface area contributed by atoms with E-state index in [1.807, 2.05) is 32.0 Å². The molecule has 1 heterocycles. The normalized spacial score (nSPS) is 15.6. The van der Waals surface area contributed by atoms with Gasteiger partial charge in [-0.1, -0.05) is 12.1 Å². The standard InChI is InChI=1S/C17H28N4O2/c1-14(2)19-17(22)18-8-9-20-10-12-21(13-11-20)15-6-4-5-7-16(15)23-3/h4-7,14H,8-13H2,1-3H3,(H2,18,19,22). The quantitative estimate of drug-likeness (QED) is 0.834. The second-order valence-corrected chi connectivity index (χ2v) is 6.06. The van der Waals surface area contributed by atoms with E-state index in [0.717, 1.165) is 44.2 Å². The Morgan fingerprint density at radius 2 is 1.91 bits per heavy atom. The number of hydrogen-bond donors (Lipinski definition) is 2. The number of ether oxygens (including phenoxy) is 1. The van der Waals surface area contributed by atoms with Crippen LogP contribution < -0.4 is 20.3 Å². The van der Waals surface area contributed by atoms with Crippen molar-refractivity contribution in [2.75, 3.05) is 51.3 Å². The molecule has 1 aliphatic rings. The molecule has 0 aromatic heterocycles. The van der Waals surface area contributed by atoms with Crippen LogP contribution in [0.5, 0.6) is 5.75 Å². The molecule has 0 atom stereocenters. The lowest BCUT2D eigenvalue weighted by Gasteiger charge is -2.36. The van der Waals surface area contributed by atoms with Crippen molar-refractivity contribution in [3.63, 3.8) is 0 Å². The molecular weight excluding hydrogens is 292 g/mol. The summed E-state index contributed by atoms with van der Waals surface area (Å²) >= 11 is 0. The summed E-state index contributed by atoms with van der Waals surface area (Å²) in [6.07, 6.45) is 0. The molecule has 0 spiro atoms. The van der Waals surface area contributed by atoms with E-state index in [4.69, 9.17) is 4.74 Å². The van der Waals surface area contributed by atoms with Gasteiger partial charge in [0, 0.05) is 45.3 Å². The van der Waals surface area contributed by atoms with Crippen molar-refractivity contribution in [1.29, 1.82) is 0 Å². The Hall–Kier alpha value is -1.95. The zero-order valence-corrected chi connectivity index (χ0v) is 14.3. The van der Waals surface area contributed by atoms with Crippen molar-refractivity contribution in [3.05, 3.63) is 24.3 Å². The lowest BCUT2D eigenvalue weighted by Crippen LogP contribution is -2.49. The summed E-state index contributed by atoms with van der Waals surface area (Å²) in [5, 5.41) is 5.73. The molecule has 2 rings (SSSR count). The molecule has 6 nitrogen and oxygen atoms in total. The van der Waals surface area contributed by atoms with Crippen molar-refractivity contribution in [3.8, 4) is 5.75 Å². The largest absolute Gasteiger partial charge is 0.495 e. The van der Waals surface area contributed by atoms with Gasteiger partial charge < -0.3 is 20.3 Å². The molecule has 1 fully saturated rings. The molecule has 2 amide bonds. The molecule has 6 heteroatoms. The van der Waals surface area contributed by atoms with Gasteiger partial charge in [-0.25, -0.2) is 4.79 Å². The van der Waals surface area contributed by atoms with Crippen molar-refractivity contribution in [1.82, 2.24) is 15.5 Å². The van der Waals surface area contributed by atoms with Gasteiger partial charge in [0.25, 0.3) is 0 Å². The maximum atomic E-state index is 11.5. The fourth-order valence-corrected chi connectivity index (χ4v) is 2.74. The second kappa shape index (κ2) is 8.62. The lowest BCUT2D eigenvalue weighted by molar-refractivity contribution is 0.230. The first-order valence-electron chi connectivity index (χ1n) is 8.25. The van der Waals surface area contributed by atoms with E-state index < -0.39 is 0 Å². The number of hydrogen-bond acceptors (Lipinski definition) is 4. The Morgan fingerprint density at radius 1 is 1.22 bits per heavy atom. The minimum atomic E-state index is -0.0901. The van der Waals surface area contributed by atoms with Crippen LogP contribution >= 0.6 is 0 Å². The number of methoxy groups -OCH3 is 1. The third-order valence-corrected chi connectivity index (χ3v) is 3.93. The summed E-state index contributed by atoms with van der Waals surface area (Å²) < 4.78 is 5.44. The Morgan fingerprint density at radius 3 is 2.57 bits per heavy atom. The summed E-state index contributed by atoms with van der Waals surface area (Å²) in [6.45, 7) is 9.39. The molecule has 128 valence electrons. The number of anilines is 1. The van der Waals surface area contributed by atoms with Crippen molar-refractivity contribution in [2.24, 2.45) is 0 Å². The number of carbonyl (C=O) groups excluding carboxylic acids is 1. The average Bonchev–Trinajstić information content (AvgIpc) is 2.55. The van der Waals surface area contributed by atoms with Crippen LogP contribution in [0, 0.1) is 0 Å². The first-order chi connectivity index (χ1) is 11.1. The first kappa shape index (κ1) is 17.4. The van der Waals surface area contributed by atoms with Gasteiger partial charge in [-0.15, -0.1) is 0 Å². The highest BCUT2D eigenvalue weighted by molar-refractivity contribution is 5.74. The second-order valence-electron chi connectivity index (χ2n) is 6.06. The summed E-state index contributed by atoms with van der Waals surface area (Å²) in [4.78, 5) is 16.3. The van der Waals surface area contributed by atoms with E-state index in [1.165, 1.54) is 0 Å². The van der Waals surface area contributed by atoms with Crippen LogP contribution in [0.1, 0.15) is 13.8 Å². The molecule has 23 heavy (non-hydrogen) atoms. The number of carbonyl (C=O) groups is 1. The smallest absolute Gasteiger partial charge is 0.315 e. The number of nitrogens with zero attached hydrogens (tertiary/aromatic N) is 2. The van der Waals surface area contributed by atoms with E-state index in [1.54, 1.807) is 7.11 Å². The fourth-order valence-electron chi connectivity index (χ4n) is 2.74. The highest BCUT2D eigenvalue weighted by atomic mass is 16.5. The molecule has 1 saturated heterocycles. The van der Waals surface area contributed by atoms with Crippen molar-refractivity contribution < 1.29 is 9.53 Å². The van der Waals surface area contributed by atoms with Gasteiger partial charge in [-0.2, -0.15) is 0 Å². The van der Waals surface area contributed by atoms with Crippen LogP contribution in [0.3, 0.4) is 0 Å². The summed E-state index contributed by atoms with van der Waals surface area (Å²) in [5.41, 5.74) is 1.16. The molecule has 1 aromatic carbocycles. The average molecular weight is 320 g/mol. The van der Waals surface area contributed by atoms with E-state index in [2.05, 4.69) is 26.5 Å². The Kier molecular flexibility index (Phi) is 6.52. The monoisotopic (exact) mass is 320 g/mol. The minimum Gasteiger partial charge on any atom is -0.495 e. The van der Waals surface area contributed by atoms with Crippen LogP contribution in [0.15, 0.2) is 24.3 Å². The third kappa shape index (κ3) is 5.32. The molecule has 0 unspecified atom stereocenters. The van der Waals surface area contributed by atoms with Gasteiger partial charge in [0.1, 0.15) is 5.75 Å². The highest BCUT2D eigenvalue weighted by Crippen LogP contribution is 2.28. The summed E-state index contributed by atoms with van der Waals surface area (Å²) in [7, 11) is 1.71. The molecule has 1 aromatic rings. The van der Waals surface area contributed by atoms with Crippen LogP contribution in [-0.2, 0) is 0 Å². The molecule has 0 saturated carbocycles. The summed E-state index contributed by atoms with van der Waals surface area (Å²) in [5.74, 6) is 0.924. The van der Waals surface area contributed by atoms with E-state index >= 15 is 0 Å². The number of benzene rings is 1. The minimum absolute atomic E-state index is 0.0901. The summed E-state index contributed by atoms with van der Waals surface area (Å²) in [6, 6.07) is 8.21. The van der Waals surface area contributed by atoms with E-state index in [9.17, 15) is 4.79 Å². The first-order valence-corrected chi connectivity index (χ1v) is 8.25. The van der Waals surface area contributed by atoms with Gasteiger partial charge in [-0.05, 0) is 26.0 Å². The molecule has 1 aliphatic heterocycles. The number of amides is 2. The SMILES string of the molecule is COc1ccccc1N1CCN(CCNC(=O)NC(C)C)CC1. The number of nitrogens with one attached hydrogen (secondary N) is 2. The maximum absolute atomic E-state index is 11.5. The van der Waals surface area contributed by atoms with Gasteiger partial charge >= 0.3 is 6.03 Å². The Labute approximate surface area is 138 Å². The van der Waals surface area contributed by atoms with E-state index in [0.29, 0.717) is 6.54 Å². The maximum Gasteiger partial charge on any atom is 0.315 e. The van der Waals surface area contributed by atoms with Gasteiger partial charge in [0.15, 0.2) is 0 Å². The van der Waals surface area contributed by atoms with Crippen LogP contribution in [0.4, 0.5) is 10.5 Å². The number of urea groups is 1. The number of piperazine rings is 1. The molecular formula is C17H28N4O2. The van der Waals surface area contributed by atoms with E-state index in [-0.39, 0.29) is 12.1 Å².